The van der Waals surface area contributed by atoms with E-state index in [2.05, 4.69) is 38.4 Å². The van der Waals surface area contributed by atoms with Crippen molar-refractivity contribution < 1.29 is 4.74 Å². The van der Waals surface area contributed by atoms with Crippen LogP contribution in [0.2, 0.25) is 0 Å². The summed E-state index contributed by atoms with van der Waals surface area (Å²) in [5.41, 5.74) is 2.33. The van der Waals surface area contributed by atoms with Crippen LogP contribution in [0, 0.1) is 0 Å². The highest BCUT2D eigenvalue weighted by Crippen LogP contribution is 2.27. The van der Waals surface area contributed by atoms with Gasteiger partial charge in [-0.1, -0.05) is 24.3 Å². The van der Waals surface area contributed by atoms with Crippen LogP contribution < -0.4 is 10.1 Å². The molecule has 0 bridgehead atoms. The summed E-state index contributed by atoms with van der Waals surface area (Å²) < 4.78 is 6.75. The predicted octanol–water partition coefficient (Wildman–Crippen LogP) is 2.94. The third kappa shape index (κ3) is 3.14. The number of hydrogen-bond acceptors (Lipinski definition) is 3. The highest BCUT2D eigenvalue weighted by molar-refractivity contribution is 9.10. The van der Waals surface area contributed by atoms with Crippen LogP contribution in [0.1, 0.15) is 11.3 Å². The van der Waals surface area contributed by atoms with Gasteiger partial charge in [-0.25, -0.2) is 4.98 Å². The molecule has 1 atom stereocenters. The van der Waals surface area contributed by atoms with Crippen molar-refractivity contribution in [3.8, 4) is 5.75 Å². The Morgan fingerprint density at radius 2 is 2.11 bits per heavy atom. The van der Waals surface area contributed by atoms with Gasteiger partial charge in [0.2, 0.25) is 0 Å². The van der Waals surface area contributed by atoms with E-state index in [0.717, 1.165) is 35.6 Å². The Hall–Kier alpha value is -1.39. The standard InChI is InChI=1S/C15H15BrN2O/c16-15-7-3-5-12(18-15)9-17-10-13-8-11-4-1-2-6-14(11)19-13/h1-7,13,17H,8-10H2. The van der Waals surface area contributed by atoms with Crippen molar-refractivity contribution in [2.45, 2.75) is 19.1 Å². The normalized spacial score (nSPS) is 17.0. The number of aromatic nitrogens is 1. The summed E-state index contributed by atoms with van der Waals surface area (Å²) in [5.74, 6) is 1.02. The molecule has 1 aromatic carbocycles. The number of ether oxygens (including phenoxy) is 1. The molecule has 19 heavy (non-hydrogen) atoms. The van der Waals surface area contributed by atoms with Crippen LogP contribution in [0.15, 0.2) is 47.1 Å². The number of nitrogens with zero attached hydrogens (tertiary/aromatic N) is 1. The van der Waals surface area contributed by atoms with E-state index >= 15 is 0 Å². The lowest BCUT2D eigenvalue weighted by atomic mass is 10.1. The van der Waals surface area contributed by atoms with Gasteiger partial charge in [-0.2, -0.15) is 0 Å². The molecule has 0 spiro atoms. The summed E-state index contributed by atoms with van der Waals surface area (Å²) >= 11 is 3.38. The largest absolute Gasteiger partial charge is 0.488 e. The summed E-state index contributed by atoms with van der Waals surface area (Å²) in [6.07, 6.45) is 1.21. The van der Waals surface area contributed by atoms with Crippen LogP contribution in [0.3, 0.4) is 0 Å². The van der Waals surface area contributed by atoms with Gasteiger partial charge in [0.1, 0.15) is 16.5 Å². The van der Waals surface area contributed by atoms with E-state index in [9.17, 15) is 0 Å². The first-order valence-electron chi connectivity index (χ1n) is 6.38. The zero-order chi connectivity index (χ0) is 13.1. The highest BCUT2D eigenvalue weighted by atomic mass is 79.9. The maximum absolute atomic E-state index is 5.88. The van der Waals surface area contributed by atoms with Crippen LogP contribution in [0.4, 0.5) is 0 Å². The van der Waals surface area contributed by atoms with E-state index < -0.39 is 0 Å². The summed E-state index contributed by atoms with van der Waals surface area (Å²) in [5, 5.41) is 3.40. The minimum absolute atomic E-state index is 0.226. The molecule has 0 aliphatic carbocycles. The number of benzene rings is 1. The molecule has 0 radical (unpaired) electrons. The number of halogens is 1. The van der Waals surface area contributed by atoms with Gasteiger partial charge in [-0.3, -0.25) is 0 Å². The molecule has 1 aliphatic heterocycles. The van der Waals surface area contributed by atoms with Gasteiger partial charge in [0.05, 0.1) is 5.69 Å². The average Bonchev–Trinajstić information content (AvgIpc) is 2.81. The van der Waals surface area contributed by atoms with Crippen molar-refractivity contribution in [1.29, 1.82) is 0 Å². The Bertz CT molecular complexity index is 549. The molecule has 1 aliphatic rings. The van der Waals surface area contributed by atoms with Crippen LogP contribution in [0.25, 0.3) is 0 Å². The number of pyridine rings is 1. The van der Waals surface area contributed by atoms with Crippen molar-refractivity contribution in [1.82, 2.24) is 10.3 Å². The third-order valence-corrected chi connectivity index (χ3v) is 3.61. The first-order valence-corrected chi connectivity index (χ1v) is 7.17. The van der Waals surface area contributed by atoms with Gasteiger partial charge in [0, 0.05) is 19.5 Å². The van der Waals surface area contributed by atoms with E-state index in [4.69, 9.17) is 4.74 Å². The lowest BCUT2D eigenvalue weighted by Gasteiger charge is -2.11. The zero-order valence-corrected chi connectivity index (χ0v) is 12.1. The van der Waals surface area contributed by atoms with Gasteiger partial charge in [-0.15, -0.1) is 0 Å². The molecule has 0 fully saturated rings. The van der Waals surface area contributed by atoms with Gasteiger partial charge in [0.15, 0.2) is 0 Å². The van der Waals surface area contributed by atoms with Gasteiger partial charge in [-0.05, 0) is 39.7 Å². The Kier molecular flexibility index (Phi) is 3.80. The summed E-state index contributed by atoms with van der Waals surface area (Å²) in [7, 11) is 0. The molecule has 2 heterocycles. The molecule has 0 saturated carbocycles. The lowest BCUT2D eigenvalue weighted by Crippen LogP contribution is -2.29. The monoisotopic (exact) mass is 318 g/mol. The summed E-state index contributed by atoms with van der Waals surface area (Å²) in [6.45, 7) is 1.60. The van der Waals surface area contributed by atoms with Crippen molar-refractivity contribution in [3.63, 3.8) is 0 Å². The maximum Gasteiger partial charge on any atom is 0.123 e. The Morgan fingerprint density at radius 3 is 2.95 bits per heavy atom. The van der Waals surface area contributed by atoms with Crippen molar-refractivity contribution in [2.75, 3.05) is 6.54 Å². The van der Waals surface area contributed by atoms with E-state index in [0.29, 0.717) is 0 Å². The summed E-state index contributed by atoms with van der Waals surface area (Å²) in [6, 6.07) is 14.2. The van der Waals surface area contributed by atoms with Crippen LogP contribution >= 0.6 is 15.9 Å². The Labute approximate surface area is 121 Å². The average molecular weight is 319 g/mol. The van der Waals surface area contributed by atoms with Gasteiger partial charge >= 0.3 is 0 Å². The topological polar surface area (TPSA) is 34.1 Å². The molecule has 0 saturated heterocycles. The van der Waals surface area contributed by atoms with Crippen molar-refractivity contribution in [2.24, 2.45) is 0 Å². The molecule has 0 amide bonds. The first kappa shape index (κ1) is 12.6. The number of rotatable bonds is 4. The van der Waals surface area contributed by atoms with Crippen LogP contribution in [-0.4, -0.2) is 17.6 Å². The molecular formula is C15H15BrN2O. The van der Waals surface area contributed by atoms with Crippen LogP contribution in [-0.2, 0) is 13.0 Å². The van der Waals surface area contributed by atoms with E-state index in [1.807, 2.05) is 30.3 Å². The number of nitrogens with one attached hydrogen (secondary N) is 1. The Morgan fingerprint density at radius 1 is 1.21 bits per heavy atom. The van der Waals surface area contributed by atoms with Crippen molar-refractivity contribution >= 4 is 15.9 Å². The molecule has 4 heteroatoms. The van der Waals surface area contributed by atoms with Gasteiger partial charge < -0.3 is 10.1 Å². The maximum atomic E-state index is 5.88. The molecule has 1 aromatic heterocycles. The smallest absolute Gasteiger partial charge is 0.123 e. The first-order chi connectivity index (χ1) is 9.31. The van der Waals surface area contributed by atoms with E-state index in [-0.39, 0.29) is 6.10 Å². The van der Waals surface area contributed by atoms with Crippen molar-refractivity contribution in [3.05, 3.63) is 58.3 Å². The highest BCUT2D eigenvalue weighted by Gasteiger charge is 2.21. The van der Waals surface area contributed by atoms with E-state index in [1.54, 1.807) is 0 Å². The third-order valence-electron chi connectivity index (χ3n) is 3.16. The second-order valence-corrected chi connectivity index (χ2v) is 5.45. The minimum Gasteiger partial charge on any atom is -0.488 e. The molecule has 3 nitrogen and oxygen atoms in total. The zero-order valence-electron chi connectivity index (χ0n) is 10.5. The molecular weight excluding hydrogens is 304 g/mol. The fourth-order valence-electron chi connectivity index (χ4n) is 2.28. The molecule has 98 valence electrons. The fourth-order valence-corrected chi connectivity index (χ4v) is 2.66. The fraction of sp³-hybridized carbons (Fsp3) is 0.267. The molecule has 3 rings (SSSR count). The van der Waals surface area contributed by atoms with Crippen LogP contribution in [0.5, 0.6) is 5.75 Å². The molecule has 1 unspecified atom stereocenters. The number of fused-ring (bicyclic) bond motifs is 1. The predicted molar refractivity (Wildman–Crippen MR) is 78.2 cm³/mol. The SMILES string of the molecule is Brc1cccc(CNCC2Cc3ccccc3O2)n1. The second kappa shape index (κ2) is 5.72. The molecule has 2 aromatic rings. The number of hydrogen-bond donors (Lipinski definition) is 1. The number of para-hydroxylation sites is 1. The second-order valence-electron chi connectivity index (χ2n) is 4.63. The summed E-state index contributed by atoms with van der Waals surface area (Å²) in [4.78, 5) is 4.39. The minimum atomic E-state index is 0.226. The lowest BCUT2D eigenvalue weighted by molar-refractivity contribution is 0.227. The van der Waals surface area contributed by atoms with Gasteiger partial charge in [0.25, 0.3) is 0 Å². The quantitative estimate of drug-likeness (QED) is 0.880. The Balaban J connectivity index is 1.50. The molecule has 1 N–H and O–H groups in total. The van der Waals surface area contributed by atoms with E-state index in [1.165, 1.54) is 5.56 Å².